The molecular weight excluding hydrogens is 380 g/mol. The number of benzene rings is 1. The van der Waals surface area contributed by atoms with Crippen LogP contribution in [0.5, 0.6) is 5.75 Å². The molecule has 1 aromatic carbocycles. The van der Waals surface area contributed by atoms with E-state index in [1.807, 2.05) is 17.5 Å². The van der Waals surface area contributed by atoms with Gasteiger partial charge in [0.2, 0.25) is 5.91 Å². The van der Waals surface area contributed by atoms with Crippen LogP contribution in [-0.4, -0.2) is 60.6 Å². The van der Waals surface area contributed by atoms with Crippen molar-refractivity contribution in [3.05, 3.63) is 52.2 Å². The first-order chi connectivity index (χ1) is 13.6. The van der Waals surface area contributed by atoms with Gasteiger partial charge in [-0.15, -0.1) is 11.3 Å². The maximum Gasteiger partial charge on any atom is 0.513 e. The topological polar surface area (TPSA) is 76.2 Å². The lowest BCUT2D eigenvalue weighted by atomic mass is 10.1. The largest absolute Gasteiger partial charge is 0.513 e. The molecule has 0 bridgehead atoms. The lowest BCUT2D eigenvalue weighted by Crippen LogP contribution is -2.50. The van der Waals surface area contributed by atoms with Gasteiger partial charge in [0.15, 0.2) is 0 Å². The van der Waals surface area contributed by atoms with E-state index in [1.165, 1.54) is 0 Å². The van der Waals surface area contributed by atoms with E-state index in [-0.39, 0.29) is 18.4 Å². The van der Waals surface area contributed by atoms with E-state index in [2.05, 4.69) is 0 Å². The molecule has 1 fully saturated rings. The predicted octanol–water partition coefficient (Wildman–Crippen LogP) is 2.81. The Morgan fingerprint density at radius 3 is 2.29 bits per heavy atom. The first kappa shape index (κ1) is 19.9. The Hall–Kier alpha value is -2.87. The number of rotatable bonds is 5. The van der Waals surface area contributed by atoms with Crippen molar-refractivity contribution >= 4 is 29.3 Å². The standard InChI is InChI=1S/C20H22N2O5S/c1-2-26-20(25)27-16-7-5-15(6-8-16)19(24)22-11-9-21(10-12-22)18(23)14-17-4-3-13-28-17/h3-8,13H,2,9-12,14H2,1H3. The van der Waals surface area contributed by atoms with Crippen LogP contribution in [-0.2, 0) is 16.0 Å². The third-order valence-corrected chi connectivity index (χ3v) is 5.27. The van der Waals surface area contributed by atoms with Gasteiger partial charge in [-0.1, -0.05) is 6.07 Å². The Kier molecular flexibility index (Phi) is 6.65. The molecule has 28 heavy (non-hydrogen) atoms. The zero-order valence-electron chi connectivity index (χ0n) is 15.6. The molecule has 0 radical (unpaired) electrons. The van der Waals surface area contributed by atoms with E-state index in [4.69, 9.17) is 9.47 Å². The molecule has 1 saturated heterocycles. The second kappa shape index (κ2) is 9.36. The number of carbonyl (C=O) groups is 3. The Balaban J connectivity index is 1.50. The van der Waals surface area contributed by atoms with Crippen LogP contribution < -0.4 is 4.74 Å². The summed E-state index contributed by atoms with van der Waals surface area (Å²) in [5, 5.41) is 1.96. The van der Waals surface area contributed by atoms with Crippen LogP contribution in [0.15, 0.2) is 41.8 Å². The summed E-state index contributed by atoms with van der Waals surface area (Å²) in [6.07, 6.45) is -0.363. The molecule has 2 heterocycles. The van der Waals surface area contributed by atoms with Crippen LogP contribution in [0.3, 0.4) is 0 Å². The van der Waals surface area contributed by atoms with Crippen molar-refractivity contribution in [3.8, 4) is 5.75 Å². The summed E-state index contributed by atoms with van der Waals surface area (Å²) in [5.41, 5.74) is 0.509. The summed E-state index contributed by atoms with van der Waals surface area (Å²) in [6.45, 7) is 3.97. The van der Waals surface area contributed by atoms with Gasteiger partial charge in [0.25, 0.3) is 5.91 Å². The van der Waals surface area contributed by atoms with Gasteiger partial charge in [-0.3, -0.25) is 9.59 Å². The molecule has 0 atom stereocenters. The number of thiophene rings is 1. The Morgan fingerprint density at radius 1 is 1.00 bits per heavy atom. The van der Waals surface area contributed by atoms with E-state index in [1.54, 1.807) is 52.3 Å². The molecule has 8 heteroatoms. The molecule has 0 aliphatic carbocycles. The molecule has 148 valence electrons. The van der Waals surface area contributed by atoms with Crippen molar-refractivity contribution in [2.45, 2.75) is 13.3 Å². The molecule has 0 unspecified atom stereocenters. The van der Waals surface area contributed by atoms with Crippen molar-refractivity contribution in [3.63, 3.8) is 0 Å². The van der Waals surface area contributed by atoms with Gasteiger partial charge in [0.05, 0.1) is 13.0 Å². The molecule has 2 amide bonds. The Bertz CT molecular complexity index is 812. The predicted molar refractivity (Wildman–Crippen MR) is 105 cm³/mol. The minimum Gasteiger partial charge on any atom is -0.434 e. The van der Waals surface area contributed by atoms with E-state index in [0.717, 1.165) is 4.88 Å². The van der Waals surface area contributed by atoms with Crippen LogP contribution in [0.4, 0.5) is 4.79 Å². The van der Waals surface area contributed by atoms with E-state index in [9.17, 15) is 14.4 Å². The number of hydrogen-bond acceptors (Lipinski definition) is 6. The zero-order chi connectivity index (χ0) is 19.9. The molecule has 2 aromatic rings. The zero-order valence-corrected chi connectivity index (χ0v) is 16.4. The molecule has 7 nitrogen and oxygen atoms in total. The van der Waals surface area contributed by atoms with Gasteiger partial charge in [-0.25, -0.2) is 4.79 Å². The lowest BCUT2D eigenvalue weighted by molar-refractivity contribution is -0.131. The quantitative estimate of drug-likeness (QED) is 0.568. The summed E-state index contributed by atoms with van der Waals surface area (Å²) in [7, 11) is 0. The maximum atomic E-state index is 12.7. The number of ether oxygens (including phenoxy) is 2. The second-order valence-corrected chi connectivity index (χ2v) is 7.27. The van der Waals surface area contributed by atoms with E-state index < -0.39 is 6.16 Å². The molecule has 0 spiro atoms. The molecule has 1 aliphatic rings. The Labute approximate surface area is 167 Å². The minimum atomic E-state index is -0.773. The van der Waals surface area contributed by atoms with Crippen molar-refractivity contribution < 1.29 is 23.9 Å². The van der Waals surface area contributed by atoms with Gasteiger partial charge >= 0.3 is 6.16 Å². The van der Waals surface area contributed by atoms with Crippen molar-refractivity contribution in [2.75, 3.05) is 32.8 Å². The van der Waals surface area contributed by atoms with Crippen LogP contribution in [0, 0.1) is 0 Å². The van der Waals surface area contributed by atoms with Gasteiger partial charge in [-0.05, 0) is 42.6 Å². The van der Waals surface area contributed by atoms with Crippen LogP contribution in [0.1, 0.15) is 22.2 Å². The third kappa shape index (κ3) is 5.10. The van der Waals surface area contributed by atoms with Crippen molar-refractivity contribution in [2.24, 2.45) is 0 Å². The highest BCUT2D eigenvalue weighted by Crippen LogP contribution is 2.16. The van der Waals surface area contributed by atoms with Gasteiger partial charge < -0.3 is 19.3 Å². The number of piperazine rings is 1. The number of amides is 2. The lowest BCUT2D eigenvalue weighted by Gasteiger charge is -2.34. The monoisotopic (exact) mass is 402 g/mol. The second-order valence-electron chi connectivity index (χ2n) is 6.24. The summed E-state index contributed by atoms with van der Waals surface area (Å²) in [5.74, 6) is 0.307. The number of carbonyl (C=O) groups excluding carboxylic acids is 3. The first-order valence-electron chi connectivity index (χ1n) is 9.11. The van der Waals surface area contributed by atoms with Crippen molar-refractivity contribution in [1.82, 2.24) is 9.80 Å². The normalized spacial score (nSPS) is 13.9. The first-order valence-corrected chi connectivity index (χ1v) is 9.99. The Morgan fingerprint density at radius 2 is 1.68 bits per heavy atom. The average Bonchev–Trinajstić information content (AvgIpc) is 3.21. The summed E-state index contributed by atoms with van der Waals surface area (Å²) in [4.78, 5) is 40.9. The minimum absolute atomic E-state index is 0.0926. The smallest absolute Gasteiger partial charge is 0.434 e. The van der Waals surface area contributed by atoms with E-state index in [0.29, 0.717) is 43.9 Å². The fraction of sp³-hybridized carbons (Fsp3) is 0.350. The van der Waals surface area contributed by atoms with Crippen molar-refractivity contribution in [1.29, 1.82) is 0 Å². The van der Waals surface area contributed by atoms with Crippen LogP contribution in [0.2, 0.25) is 0 Å². The molecule has 1 aromatic heterocycles. The van der Waals surface area contributed by atoms with Crippen LogP contribution >= 0.6 is 11.3 Å². The average molecular weight is 402 g/mol. The fourth-order valence-corrected chi connectivity index (χ4v) is 3.62. The highest BCUT2D eigenvalue weighted by molar-refractivity contribution is 7.10. The number of nitrogens with zero attached hydrogens (tertiary/aromatic N) is 2. The SMILES string of the molecule is CCOC(=O)Oc1ccc(C(=O)N2CCN(C(=O)Cc3cccs3)CC2)cc1. The molecule has 3 rings (SSSR count). The highest BCUT2D eigenvalue weighted by Gasteiger charge is 2.25. The number of hydrogen-bond donors (Lipinski definition) is 0. The summed E-state index contributed by atoms with van der Waals surface area (Å²) in [6, 6.07) is 10.2. The van der Waals surface area contributed by atoms with Gasteiger partial charge in [0.1, 0.15) is 5.75 Å². The molecule has 1 aliphatic heterocycles. The van der Waals surface area contributed by atoms with E-state index >= 15 is 0 Å². The molecule has 0 saturated carbocycles. The highest BCUT2D eigenvalue weighted by atomic mass is 32.1. The van der Waals surface area contributed by atoms with Gasteiger partial charge in [-0.2, -0.15) is 0 Å². The molecular formula is C20H22N2O5S. The fourth-order valence-electron chi connectivity index (χ4n) is 2.92. The maximum absolute atomic E-state index is 12.7. The van der Waals surface area contributed by atoms with Gasteiger partial charge in [0, 0.05) is 36.6 Å². The molecule has 0 N–H and O–H groups in total. The van der Waals surface area contributed by atoms with Crippen LogP contribution in [0.25, 0.3) is 0 Å². The summed E-state index contributed by atoms with van der Waals surface area (Å²) >= 11 is 1.57. The third-order valence-electron chi connectivity index (χ3n) is 4.39. The summed E-state index contributed by atoms with van der Waals surface area (Å²) < 4.78 is 9.70.